The number of aromatic nitrogens is 1. The zero-order valence-electron chi connectivity index (χ0n) is 11.9. The first-order chi connectivity index (χ1) is 10.1. The Kier molecular flexibility index (Phi) is 3.82. The van der Waals surface area contributed by atoms with Crippen LogP contribution in [-0.2, 0) is 16.4 Å². The van der Waals surface area contributed by atoms with Crippen LogP contribution < -0.4 is 0 Å². The standard InChI is InChI=1S/C15H18N2O3S/c1-2-12-11-15(20-16-12)14-9-6-10-17(14)21(18,19)13-7-4-3-5-8-13/h3-5,7-8,11,14H,2,6,9-10H2,1H3/t14-/m0/s1. The lowest BCUT2D eigenvalue weighted by Gasteiger charge is -2.22. The van der Waals surface area contributed by atoms with E-state index in [0.717, 1.165) is 25.0 Å². The summed E-state index contributed by atoms with van der Waals surface area (Å²) in [6.07, 6.45) is 2.38. The summed E-state index contributed by atoms with van der Waals surface area (Å²) in [6.45, 7) is 2.51. The summed E-state index contributed by atoms with van der Waals surface area (Å²) >= 11 is 0. The van der Waals surface area contributed by atoms with Crippen molar-refractivity contribution in [2.45, 2.75) is 37.1 Å². The maximum absolute atomic E-state index is 12.8. The molecule has 0 aliphatic carbocycles. The van der Waals surface area contributed by atoms with Crippen LogP contribution >= 0.6 is 0 Å². The number of nitrogens with zero attached hydrogens (tertiary/aromatic N) is 2. The Labute approximate surface area is 124 Å². The van der Waals surface area contributed by atoms with Crippen LogP contribution in [0.4, 0.5) is 0 Å². The molecule has 0 bridgehead atoms. The van der Waals surface area contributed by atoms with Gasteiger partial charge in [0.05, 0.1) is 16.6 Å². The quantitative estimate of drug-likeness (QED) is 0.871. The molecule has 1 saturated heterocycles. The number of hydrogen-bond donors (Lipinski definition) is 0. The van der Waals surface area contributed by atoms with Gasteiger partial charge in [0.25, 0.3) is 0 Å². The first kappa shape index (κ1) is 14.3. The molecule has 3 rings (SSSR count). The molecule has 1 aromatic heterocycles. The zero-order valence-corrected chi connectivity index (χ0v) is 12.7. The fourth-order valence-corrected chi connectivity index (χ4v) is 4.38. The SMILES string of the molecule is CCc1cc([C@@H]2CCCN2S(=O)(=O)c2ccccc2)on1. The van der Waals surface area contributed by atoms with Gasteiger partial charge in [-0.1, -0.05) is 30.3 Å². The molecule has 1 fully saturated rings. The highest BCUT2D eigenvalue weighted by atomic mass is 32.2. The summed E-state index contributed by atoms with van der Waals surface area (Å²) < 4.78 is 32.4. The lowest BCUT2D eigenvalue weighted by Crippen LogP contribution is -2.30. The number of hydrogen-bond acceptors (Lipinski definition) is 4. The third-order valence-corrected chi connectivity index (χ3v) is 5.74. The van der Waals surface area contributed by atoms with Crippen LogP contribution in [-0.4, -0.2) is 24.4 Å². The lowest BCUT2D eigenvalue weighted by molar-refractivity contribution is 0.296. The molecule has 0 radical (unpaired) electrons. The van der Waals surface area contributed by atoms with Crippen molar-refractivity contribution in [3.05, 3.63) is 47.9 Å². The predicted octanol–water partition coefficient (Wildman–Crippen LogP) is 2.76. The summed E-state index contributed by atoms with van der Waals surface area (Å²) in [4.78, 5) is 0.326. The van der Waals surface area contributed by atoms with Crippen LogP contribution in [0.1, 0.15) is 37.3 Å². The molecule has 0 unspecified atom stereocenters. The Hall–Kier alpha value is -1.66. The molecular formula is C15H18N2O3S. The van der Waals surface area contributed by atoms with E-state index in [4.69, 9.17) is 4.52 Å². The van der Waals surface area contributed by atoms with E-state index in [0.29, 0.717) is 17.2 Å². The van der Waals surface area contributed by atoms with Gasteiger partial charge in [-0.3, -0.25) is 0 Å². The van der Waals surface area contributed by atoms with Gasteiger partial charge < -0.3 is 4.52 Å². The monoisotopic (exact) mass is 306 g/mol. The summed E-state index contributed by atoms with van der Waals surface area (Å²) in [6, 6.07) is 10.2. The molecule has 0 N–H and O–H groups in total. The van der Waals surface area contributed by atoms with Crippen LogP contribution in [0.25, 0.3) is 0 Å². The van der Waals surface area contributed by atoms with E-state index in [9.17, 15) is 8.42 Å². The molecule has 0 spiro atoms. The van der Waals surface area contributed by atoms with Gasteiger partial charge in [0.2, 0.25) is 10.0 Å². The second-order valence-electron chi connectivity index (χ2n) is 5.16. The van der Waals surface area contributed by atoms with E-state index in [1.54, 1.807) is 24.3 Å². The third-order valence-electron chi connectivity index (χ3n) is 3.82. The summed E-state index contributed by atoms with van der Waals surface area (Å²) in [5, 5.41) is 3.97. The maximum Gasteiger partial charge on any atom is 0.243 e. The van der Waals surface area contributed by atoms with Gasteiger partial charge in [-0.2, -0.15) is 4.31 Å². The van der Waals surface area contributed by atoms with E-state index >= 15 is 0 Å². The molecule has 112 valence electrons. The second-order valence-corrected chi connectivity index (χ2v) is 7.05. The van der Waals surface area contributed by atoms with Crippen molar-refractivity contribution < 1.29 is 12.9 Å². The van der Waals surface area contributed by atoms with E-state index in [1.807, 2.05) is 19.1 Å². The first-order valence-electron chi connectivity index (χ1n) is 7.15. The van der Waals surface area contributed by atoms with Crippen LogP contribution in [0, 0.1) is 0 Å². The first-order valence-corrected chi connectivity index (χ1v) is 8.59. The van der Waals surface area contributed by atoms with Gasteiger partial charge >= 0.3 is 0 Å². The van der Waals surface area contributed by atoms with Crippen molar-refractivity contribution in [2.24, 2.45) is 0 Å². The second kappa shape index (κ2) is 5.61. The van der Waals surface area contributed by atoms with Crippen LogP contribution in [0.3, 0.4) is 0 Å². The highest BCUT2D eigenvalue weighted by molar-refractivity contribution is 7.89. The van der Waals surface area contributed by atoms with E-state index < -0.39 is 10.0 Å². The predicted molar refractivity (Wildman–Crippen MR) is 78.2 cm³/mol. The normalized spacial score (nSPS) is 20.0. The van der Waals surface area contributed by atoms with E-state index in [2.05, 4.69) is 5.16 Å². The Morgan fingerprint density at radius 2 is 2.10 bits per heavy atom. The van der Waals surface area contributed by atoms with Crippen molar-refractivity contribution in [2.75, 3.05) is 6.54 Å². The molecule has 2 heterocycles. The van der Waals surface area contributed by atoms with Crippen molar-refractivity contribution in [1.82, 2.24) is 9.46 Å². The van der Waals surface area contributed by atoms with Crippen LogP contribution in [0.15, 0.2) is 45.8 Å². The molecular weight excluding hydrogens is 288 g/mol. The molecule has 1 aliphatic rings. The summed E-state index contributed by atoms with van der Waals surface area (Å²) in [5.74, 6) is 0.642. The molecule has 1 atom stereocenters. The molecule has 5 nitrogen and oxygen atoms in total. The third kappa shape index (κ3) is 2.61. The number of sulfonamides is 1. The average Bonchev–Trinajstić information content (AvgIpc) is 3.16. The van der Waals surface area contributed by atoms with Gasteiger partial charge in [0, 0.05) is 12.6 Å². The van der Waals surface area contributed by atoms with Crippen molar-refractivity contribution in [3.63, 3.8) is 0 Å². The number of benzene rings is 1. The molecule has 6 heteroatoms. The molecule has 1 aromatic carbocycles. The minimum atomic E-state index is -3.49. The van der Waals surface area contributed by atoms with Gasteiger partial charge in [0.15, 0.2) is 5.76 Å². The van der Waals surface area contributed by atoms with Crippen molar-refractivity contribution in [1.29, 1.82) is 0 Å². The molecule has 0 saturated carbocycles. The summed E-state index contributed by atoms with van der Waals surface area (Å²) in [5.41, 5.74) is 0.856. The lowest BCUT2D eigenvalue weighted by atomic mass is 10.1. The van der Waals surface area contributed by atoms with E-state index in [1.165, 1.54) is 4.31 Å². The van der Waals surface area contributed by atoms with Gasteiger partial charge in [0.1, 0.15) is 0 Å². The van der Waals surface area contributed by atoms with E-state index in [-0.39, 0.29) is 6.04 Å². The smallest absolute Gasteiger partial charge is 0.243 e. The average molecular weight is 306 g/mol. The van der Waals surface area contributed by atoms with Gasteiger partial charge in [-0.25, -0.2) is 8.42 Å². The van der Waals surface area contributed by atoms with Crippen molar-refractivity contribution >= 4 is 10.0 Å². The molecule has 0 amide bonds. The topological polar surface area (TPSA) is 63.4 Å². The summed E-state index contributed by atoms with van der Waals surface area (Å²) in [7, 11) is -3.49. The van der Waals surface area contributed by atoms with Gasteiger partial charge in [-0.15, -0.1) is 0 Å². The largest absolute Gasteiger partial charge is 0.359 e. The zero-order chi connectivity index (χ0) is 14.9. The highest BCUT2D eigenvalue weighted by Crippen LogP contribution is 2.36. The Balaban J connectivity index is 1.94. The molecule has 1 aliphatic heterocycles. The number of aryl methyl sites for hydroxylation is 1. The Morgan fingerprint density at radius 3 is 2.76 bits per heavy atom. The van der Waals surface area contributed by atoms with Crippen LogP contribution in [0.5, 0.6) is 0 Å². The van der Waals surface area contributed by atoms with Crippen LogP contribution in [0.2, 0.25) is 0 Å². The minimum Gasteiger partial charge on any atom is -0.359 e. The number of rotatable bonds is 4. The maximum atomic E-state index is 12.8. The minimum absolute atomic E-state index is 0.247. The molecule has 2 aromatic rings. The fourth-order valence-electron chi connectivity index (χ4n) is 2.69. The highest BCUT2D eigenvalue weighted by Gasteiger charge is 2.38. The molecule has 21 heavy (non-hydrogen) atoms. The van der Waals surface area contributed by atoms with Gasteiger partial charge in [-0.05, 0) is 31.4 Å². The van der Waals surface area contributed by atoms with Crippen molar-refractivity contribution in [3.8, 4) is 0 Å². The Morgan fingerprint density at radius 1 is 1.33 bits per heavy atom. The Bertz CT molecular complexity index is 710. The fraction of sp³-hybridized carbons (Fsp3) is 0.400.